The molecule has 1 aliphatic heterocycles. The zero-order chi connectivity index (χ0) is 14.5. The van der Waals surface area contributed by atoms with Gasteiger partial charge in [-0.15, -0.1) is 0 Å². The number of esters is 1. The molecule has 1 aromatic heterocycles. The van der Waals surface area contributed by atoms with Crippen molar-refractivity contribution in [3.63, 3.8) is 0 Å². The number of methoxy groups -OCH3 is 1. The van der Waals surface area contributed by atoms with Crippen molar-refractivity contribution in [2.45, 2.75) is 26.7 Å². The number of rotatable bonds is 4. The molecule has 1 aliphatic rings. The zero-order valence-electron chi connectivity index (χ0n) is 12.3. The quantitative estimate of drug-likeness (QED) is 0.780. The predicted molar refractivity (Wildman–Crippen MR) is 74.9 cm³/mol. The Balaban J connectivity index is 2.18. The van der Waals surface area contributed by atoms with E-state index in [1.54, 1.807) is 0 Å². The van der Waals surface area contributed by atoms with Crippen LogP contribution in [0.1, 0.15) is 25.3 Å². The molecule has 2 rings (SSSR count). The molecule has 0 radical (unpaired) electrons. The Morgan fingerprint density at radius 2 is 2.30 bits per heavy atom. The lowest BCUT2D eigenvalue weighted by Crippen LogP contribution is -2.40. The normalized spacial score (nSPS) is 18.8. The summed E-state index contributed by atoms with van der Waals surface area (Å²) in [6.07, 6.45) is 3.33. The monoisotopic (exact) mass is 279 g/mol. The van der Waals surface area contributed by atoms with Gasteiger partial charge in [-0.3, -0.25) is 4.79 Å². The lowest BCUT2D eigenvalue weighted by Gasteiger charge is -2.33. The smallest absolute Gasteiger partial charge is 0.310 e. The summed E-state index contributed by atoms with van der Waals surface area (Å²) in [5.74, 6) is 1.22. The topological polar surface area (TPSA) is 64.6 Å². The molecule has 2 heterocycles. The summed E-state index contributed by atoms with van der Waals surface area (Å²) in [4.78, 5) is 22.3. The van der Waals surface area contributed by atoms with Crippen molar-refractivity contribution in [1.82, 2.24) is 9.97 Å². The van der Waals surface area contributed by atoms with E-state index in [0.29, 0.717) is 19.0 Å². The summed E-state index contributed by atoms with van der Waals surface area (Å²) < 4.78 is 10.3. The van der Waals surface area contributed by atoms with Crippen LogP contribution in [0.2, 0.25) is 0 Å². The second kappa shape index (κ2) is 6.54. The van der Waals surface area contributed by atoms with E-state index in [2.05, 4.69) is 14.9 Å². The van der Waals surface area contributed by atoms with Crippen LogP contribution in [0.5, 0.6) is 5.88 Å². The first-order valence-electron chi connectivity index (χ1n) is 6.94. The molecule has 1 fully saturated rings. The summed E-state index contributed by atoms with van der Waals surface area (Å²) >= 11 is 0. The average molecular weight is 279 g/mol. The summed E-state index contributed by atoms with van der Waals surface area (Å²) in [6.45, 7) is 5.96. The molecule has 6 nitrogen and oxygen atoms in total. The highest BCUT2D eigenvalue weighted by atomic mass is 16.5. The predicted octanol–water partition coefficient (Wildman–Crippen LogP) is 1.57. The lowest BCUT2D eigenvalue weighted by atomic mass is 9.98. The van der Waals surface area contributed by atoms with E-state index < -0.39 is 0 Å². The molecule has 1 aromatic rings. The number of carbonyl (C=O) groups is 1. The van der Waals surface area contributed by atoms with Crippen molar-refractivity contribution in [2.24, 2.45) is 5.92 Å². The van der Waals surface area contributed by atoms with Gasteiger partial charge in [-0.05, 0) is 26.7 Å². The van der Waals surface area contributed by atoms with Gasteiger partial charge >= 0.3 is 5.97 Å². The number of ether oxygens (including phenoxy) is 2. The minimum absolute atomic E-state index is 0.0846. The Morgan fingerprint density at radius 1 is 1.50 bits per heavy atom. The maximum Gasteiger partial charge on any atom is 0.310 e. The molecular formula is C14H21N3O3. The Hall–Kier alpha value is -1.85. The second-order valence-electron chi connectivity index (χ2n) is 4.87. The van der Waals surface area contributed by atoms with Crippen molar-refractivity contribution in [2.75, 3.05) is 31.7 Å². The molecule has 1 saturated heterocycles. The zero-order valence-corrected chi connectivity index (χ0v) is 12.3. The van der Waals surface area contributed by atoms with Crippen LogP contribution in [-0.2, 0) is 9.53 Å². The van der Waals surface area contributed by atoms with Gasteiger partial charge in [-0.2, -0.15) is 0 Å². The summed E-state index contributed by atoms with van der Waals surface area (Å²) in [5, 5.41) is 0. The molecular weight excluding hydrogens is 258 g/mol. The lowest BCUT2D eigenvalue weighted by molar-refractivity contribution is -0.145. The van der Waals surface area contributed by atoms with Crippen molar-refractivity contribution in [3.8, 4) is 5.88 Å². The first-order chi connectivity index (χ1) is 9.67. The van der Waals surface area contributed by atoms with Crippen molar-refractivity contribution < 1.29 is 14.3 Å². The third-order valence-electron chi connectivity index (χ3n) is 3.55. The molecule has 110 valence electrons. The van der Waals surface area contributed by atoms with Crippen LogP contribution < -0.4 is 9.64 Å². The van der Waals surface area contributed by atoms with Gasteiger partial charge in [0.05, 0.1) is 25.2 Å². The SMILES string of the molecule is CCOc1ncnc(N2CCCC(C(=O)OC)C2)c1C. The van der Waals surface area contributed by atoms with Gasteiger partial charge in [0.2, 0.25) is 5.88 Å². The first kappa shape index (κ1) is 14.6. The first-order valence-corrected chi connectivity index (χ1v) is 6.94. The fourth-order valence-corrected chi connectivity index (χ4v) is 2.55. The highest BCUT2D eigenvalue weighted by Crippen LogP contribution is 2.28. The molecule has 0 amide bonds. The molecule has 0 bridgehead atoms. The highest BCUT2D eigenvalue weighted by molar-refractivity contribution is 5.73. The third kappa shape index (κ3) is 3.00. The van der Waals surface area contributed by atoms with Crippen LogP contribution in [0, 0.1) is 12.8 Å². The Bertz CT molecular complexity index is 479. The van der Waals surface area contributed by atoms with Crippen molar-refractivity contribution >= 4 is 11.8 Å². The van der Waals surface area contributed by atoms with Crippen LogP contribution in [-0.4, -0.2) is 42.7 Å². The van der Waals surface area contributed by atoms with E-state index in [0.717, 1.165) is 30.8 Å². The Kier molecular flexibility index (Phi) is 4.76. The van der Waals surface area contributed by atoms with Gasteiger partial charge in [-0.1, -0.05) is 0 Å². The van der Waals surface area contributed by atoms with E-state index in [1.165, 1.54) is 13.4 Å². The maximum absolute atomic E-state index is 11.7. The fraction of sp³-hybridized carbons (Fsp3) is 0.643. The second-order valence-corrected chi connectivity index (χ2v) is 4.87. The van der Waals surface area contributed by atoms with Crippen LogP contribution in [0.15, 0.2) is 6.33 Å². The maximum atomic E-state index is 11.7. The number of piperidine rings is 1. The number of hydrogen-bond acceptors (Lipinski definition) is 6. The van der Waals surface area contributed by atoms with Gasteiger partial charge in [-0.25, -0.2) is 9.97 Å². The summed E-state index contributed by atoms with van der Waals surface area (Å²) in [7, 11) is 1.43. The van der Waals surface area contributed by atoms with E-state index in [-0.39, 0.29) is 11.9 Å². The fourth-order valence-electron chi connectivity index (χ4n) is 2.55. The number of nitrogens with zero attached hydrogens (tertiary/aromatic N) is 3. The number of aromatic nitrogens is 2. The van der Waals surface area contributed by atoms with E-state index in [1.807, 2.05) is 13.8 Å². The molecule has 20 heavy (non-hydrogen) atoms. The van der Waals surface area contributed by atoms with Gasteiger partial charge in [0.1, 0.15) is 12.1 Å². The molecule has 0 aliphatic carbocycles. The molecule has 6 heteroatoms. The van der Waals surface area contributed by atoms with E-state index in [4.69, 9.17) is 9.47 Å². The molecule has 1 atom stereocenters. The summed E-state index contributed by atoms with van der Waals surface area (Å²) in [6, 6.07) is 0. The van der Waals surface area contributed by atoms with Crippen molar-refractivity contribution in [1.29, 1.82) is 0 Å². The standard InChI is InChI=1S/C14H21N3O3/c1-4-20-13-10(2)12(15-9-16-13)17-7-5-6-11(8-17)14(18)19-3/h9,11H,4-8H2,1-3H3. The molecule has 1 unspecified atom stereocenters. The minimum Gasteiger partial charge on any atom is -0.478 e. The largest absolute Gasteiger partial charge is 0.478 e. The van der Waals surface area contributed by atoms with Crippen LogP contribution in [0.3, 0.4) is 0 Å². The van der Waals surface area contributed by atoms with Crippen LogP contribution >= 0.6 is 0 Å². The number of hydrogen-bond donors (Lipinski definition) is 0. The van der Waals surface area contributed by atoms with Gasteiger partial charge in [0, 0.05) is 13.1 Å². The number of anilines is 1. The Morgan fingerprint density at radius 3 is 3.00 bits per heavy atom. The van der Waals surface area contributed by atoms with Crippen LogP contribution in [0.4, 0.5) is 5.82 Å². The van der Waals surface area contributed by atoms with Gasteiger partial charge in [0.25, 0.3) is 0 Å². The number of carbonyl (C=O) groups excluding carboxylic acids is 1. The average Bonchev–Trinajstić information content (AvgIpc) is 2.49. The van der Waals surface area contributed by atoms with Gasteiger partial charge in [0.15, 0.2) is 0 Å². The van der Waals surface area contributed by atoms with E-state index >= 15 is 0 Å². The van der Waals surface area contributed by atoms with Crippen LogP contribution in [0.25, 0.3) is 0 Å². The Labute approximate surface area is 119 Å². The third-order valence-corrected chi connectivity index (χ3v) is 3.55. The molecule has 0 aromatic carbocycles. The molecule has 0 spiro atoms. The van der Waals surface area contributed by atoms with E-state index in [9.17, 15) is 4.79 Å². The van der Waals surface area contributed by atoms with Gasteiger partial charge < -0.3 is 14.4 Å². The molecule has 0 saturated carbocycles. The molecule has 0 N–H and O–H groups in total. The summed E-state index contributed by atoms with van der Waals surface area (Å²) in [5.41, 5.74) is 0.917. The minimum atomic E-state index is -0.147. The van der Waals surface area contributed by atoms with Crippen molar-refractivity contribution in [3.05, 3.63) is 11.9 Å². The highest BCUT2D eigenvalue weighted by Gasteiger charge is 2.28.